The highest BCUT2D eigenvalue weighted by molar-refractivity contribution is 7.13. The largest absolute Gasteiger partial charge is 0.456 e. The van der Waals surface area contributed by atoms with Crippen molar-refractivity contribution in [3.63, 3.8) is 0 Å². The second-order valence-corrected chi connectivity index (χ2v) is 6.33. The Hall–Kier alpha value is -2.97. The first-order chi connectivity index (χ1) is 12.2. The van der Waals surface area contributed by atoms with E-state index in [2.05, 4.69) is 30.1 Å². The zero-order valence-electron chi connectivity index (χ0n) is 13.7. The number of aryl methyl sites for hydroxylation is 1. The molecule has 1 aromatic heterocycles. The van der Waals surface area contributed by atoms with Crippen LogP contribution >= 0.6 is 11.3 Å². The van der Waals surface area contributed by atoms with Gasteiger partial charge in [0.25, 0.3) is 0 Å². The van der Waals surface area contributed by atoms with E-state index < -0.39 is 5.97 Å². The first-order valence-electron chi connectivity index (χ1n) is 7.90. The lowest BCUT2D eigenvalue weighted by atomic mass is 10.1. The number of thiazole rings is 1. The summed E-state index contributed by atoms with van der Waals surface area (Å²) in [5, 5.41) is 11.3. The molecule has 0 saturated heterocycles. The van der Waals surface area contributed by atoms with Crippen molar-refractivity contribution in [1.29, 1.82) is 5.26 Å². The summed E-state index contributed by atoms with van der Waals surface area (Å²) in [7, 11) is 0. The lowest BCUT2D eigenvalue weighted by Crippen LogP contribution is -2.05. The maximum atomic E-state index is 12.2. The molecule has 0 radical (unpaired) electrons. The fourth-order valence-corrected chi connectivity index (χ4v) is 3.08. The molecule has 0 atom stereocenters. The highest BCUT2D eigenvalue weighted by Gasteiger charge is 2.13. The maximum absolute atomic E-state index is 12.2. The molecular weight excluding hydrogens is 332 g/mol. The molecule has 0 unspecified atom stereocenters. The summed E-state index contributed by atoms with van der Waals surface area (Å²) in [6, 6.07) is 17.2. The molecule has 0 aliphatic rings. The minimum atomic E-state index is -0.447. The monoisotopic (exact) mass is 348 g/mol. The summed E-state index contributed by atoms with van der Waals surface area (Å²) in [5.74, 6) is -0.447. The summed E-state index contributed by atoms with van der Waals surface area (Å²) in [6.45, 7) is 2.27. The fraction of sp³-hybridized carbons (Fsp3) is 0.150. The molecule has 0 aliphatic heterocycles. The Labute approximate surface area is 150 Å². The lowest BCUT2D eigenvalue weighted by molar-refractivity contribution is 0.0467. The number of ether oxygens (including phenoxy) is 1. The molecule has 0 N–H and O–H groups in total. The van der Waals surface area contributed by atoms with Crippen LogP contribution in [-0.2, 0) is 17.8 Å². The van der Waals surface area contributed by atoms with Crippen molar-refractivity contribution in [2.24, 2.45) is 0 Å². The molecule has 5 heteroatoms. The predicted molar refractivity (Wildman–Crippen MR) is 97.2 cm³/mol. The van der Waals surface area contributed by atoms with Gasteiger partial charge in [0, 0.05) is 10.9 Å². The zero-order valence-corrected chi connectivity index (χ0v) is 14.5. The van der Waals surface area contributed by atoms with Gasteiger partial charge in [0.05, 0.1) is 11.6 Å². The number of benzene rings is 2. The molecule has 4 nitrogen and oxygen atoms in total. The molecule has 3 rings (SSSR count). The molecule has 0 aliphatic carbocycles. The van der Waals surface area contributed by atoms with Crippen molar-refractivity contribution in [1.82, 2.24) is 4.98 Å². The molecule has 3 aromatic rings. The van der Waals surface area contributed by atoms with Crippen molar-refractivity contribution < 1.29 is 9.53 Å². The molecule has 1 heterocycles. The van der Waals surface area contributed by atoms with E-state index in [-0.39, 0.29) is 6.61 Å². The number of hydrogen-bond donors (Lipinski definition) is 0. The van der Waals surface area contributed by atoms with Gasteiger partial charge in [-0.1, -0.05) is 43.3 Å². The van der Waals surface area contributed by atoms with Crippen LogP contribution in [0.3, 0.4) is 0 Å². The number of rotatable bonds is 5. The Morgan fingerprint density at radius 3 is 2.44 bits per heavy atom. The van der Waals surface area contributed by atoms with Crippen molar-refractivity contribution in [2.45, 2.75) is 20.0 Å². The van der Waals surface area contributed by atoms with Gasteiger partial charge in [-0.05, 0) is 29.7 Å². The molecule has 2 aromatic carbocycles. The summed E-state index contributed by atoms with van der Waals surface area (Å²) in [6.07, 6.45) is 0.991. The van der Waals surface area contributed by atoms with E-state index in [1.54, 1.807) is 29.6 Å². The molecule has 0 saturated carbocycles. The van der Waals surface area contributed by atoms with Gasteiger partial charge < -0.3 is 4.74 Å². The summed E-state index contributed by atoms with van der Waals surface area (Å²) in [5.41, 5.74) is 3.98. The van der Waals surface area contributed by atoms with E-state index in [0.29, 0.717) is 11.3 Å². The Morgan fingerprint density at radius 2 is 1.80 bits per heavy atom. The Morgan fingerprint density at radius 1 is 1.12 bits per heavy atom. The molecule has 0 bridgehead atoms. The Kier molecular flexibility index (Phi) is 5.22. The first kappa shape index (κ1) is 16.9. The number of carbonyl (C=O) groups excluding carboxylic acids is 1. The molecule has 0 spiro atoms. The van der Waals surface area contributed by atoms with E-state index in [9.17, 15) is 4.79 Å². The second kappa shape index (κ2) is 7.73. The van der Waals surface area contributed by atoms with Crippen molar-refractivity contribution in [2.75, 3.05) is 0 Å². The van der Waals surface area contributed by atoms with E-state index in [1.165, 1.54) is 16.9 Å². The third kappa shape index (κ3) is 4.11. The third-order valence-corrected chi connectivity index (χ3v) is 4.67. The quantitative estimate of drug-likeness (QED) is 0.632. The highest BCUT2D eigenvalue weighted by Crippen LogP contribution is 2.24. The van der Waals surface area contributed by atoms with Crippen LogP contribution in [0.25, 0.3) is 10.6 Å². The Bertz CT molecular complexity index is 906. The van der Waals surface area contributed by atoms with Gasteiger partial charge in [0.1, 0.15) is 11.6 Å². The average Bonchev–Trinajstić information content (AvgIpc) is 3.17. The zero-order chi connectivity index (χ0) is 17.6. The predicted octanol–water partition coefficient (Wildman–Crippen LogP) is 4.60. The number of nitrogens with zero attached hydrogens (tertiary/aromatic N) is 2. The molecule has 25 heavy (non-hydrogen) atoms. The van der Waals surface area contributed by atoms with Gasteiger partial charge in [0.2, 0.25) is 0 Å². The van der Waals surface area contributed by atoms with Gasteiger partial charge in [-0.2, -0.15) is 5.26 Å². The standard InChI is InChI=1S/C20H16N2O2S/c1-2-14-7-9-17(10-8-14)19-22-18(13-25-19)20(23)24-12-16-5-3-15(11-21)4-6-16/h3-10,13H,2,12H2,1H3. The molecule has 124 valence electrons. The topological polar surface area (TPSA) is 63.0 Å². The third-order valence-electron chi connectivity index (χ3n) is 3.78. The van der Waals surface area contributed by atoms with Crippen LogP contribution in [0, 0.1) is 11.3 Å². The molecule has 0 amide bonds. The second-order valence-electron chi connectivity index (χ2n) is 5.47. The first-order valence-corrected chi connectivity index (χ1v) is 8.78. The van der Waals surface area contributed by atoms with E-state index in [4.69, 9.17) is 10.00 Å². The minimum absolute atomic E-state index is 0.155. The van der Waals surface area contributed by atoms with Crippen molar-refractivity contribution in [3.05, 3.63) is 76.3 Å². The smallest absolute Gasteiger partial charge is 0.358 e. The van der Waals surface area contributed by atoms with Crippen molar-refractivity contribution >= 4 is 17.3 Å². The number of nitriles is 1. The normalized spacial score (nSPS) is 10.2. The van der Waals surface area contributed by atoms with Crippen LogP contribution in [-0.4, -0.2) is 11.0 Å². The number of hydrogen-bond acceptors (Lipinski definition) is 5. The van der Waals surface area contributed by atoms with Crippen LogP contribution in [0.2, 0.25) is 0 Å². The number of aromatic nitrogens is 1. The van der Waals surface area contributed by atoms with Crippen LogP contribution in [0.15, 0.2) is 53.9 Å². The maximum Gasteiger partial charge on any atom is 0.358 e. The Balaban J connectivity index is 1.64. The summed E-state index contributed by atoms with van der Waals surface area (Å²) in [4.78, 5) is 16.5. The van der Waals surface area contributed by atoms with Crippen molar-refractivity contribution in [3.8, 4) is 16.6 Å². The minimum Gasteiger partial charge on any atom is -0.456 e. The van der Waals surface area contributed by atoms with Crippen LogP contribution in [0.5, 0.6) is 0 Å². The van der Waals surface area contributed by atoms with Gasteiger partial charge in [0.15, 0.2) is 5.69 Å². The van der Waals surface area contributed by atoms with Gasteiger partial charge in [-0.25, -0.2) is 9.78 Å². The number of carbonyl (C=O) groups is 1. The molecule has 0 fully saturated rings. The fourth-order valence-electron chi connectivity index (χ4n) is 2.28. The van der Waals surface area contributed by atoms with Crippen LogP contribution < -0.4 is 0 Å². The van der Waals surface area contributed by atoms with Gasteiger partial charge >= 0.3 is 5.97 Å². The van der Waals surface area contributed by atoms with Gasteiger partial charge in [-0.3, -0.25) is 0 Å². The summed E-state index contributed by atoms with van der Waals surface area (Å²) >= 11 is 1.42. The van der Waals surface area contributed by atoms with E-state index in [0.717, 1.165) is 22.6 Å². The van der Waals surface area contributed by atoms with Crippen LogP contribution in [0.1, 0.15) is 34.1 Å². The summed E-state index contributed by atoms with van der Waals surface area (Å²) < 4.78 is 5.30. The van der Waals surface area contributed by atoms with E-state index in [1.807, 2.05) is 12.1 Å². The lowest BCUT2D eigenvalue weighted by Gasteiger charge is -2.03. The van der Waals surface area contributed by atoms with Gasteiger partial charge in [-0.15, -0.1) is 11.3 Å². The highest BCUT2D eigenvalue weighted by atomic mass is 32.1. The van der Waals surface area contributed by atoms with E-state index >= 15 is 0 Å². The number of esters is 1. The average molecular weight is 348 g/mol. The SMILES string of the molecule is CCc1ccc(-c2nc(C(=O)OCc3ccc(C#N)cc3)cs2)cc1. The molecular formula is C20H16N2O2S. The van der Waals surface area contributed by atoms with Crippen LogP contribution in [0.4, 0.5) is 0 Å².